The lowest BCUT2D eigenvalue weighted by atomic mass is 9.81. The number of carbonyl (C=O) groups excluding carboxylic acids is 2. The van der Waals surface area contributed by atoms with Crippen molar-refractivity contribution in [1.82, 2.24) is 20.1 Å². The third-order valence-electron chi connectivity index (χ3n) is 8.27. The van der Waals surface area contributed by atoms with Gasteiger partial charge in [-0.25, -0.2) is 13.8 Å². The molecule has 2 aromatic carbocycles. The van der Waals surface area contributed by atoms with Crippen LogP contribution in [0.25, 0.3) is 22.2 Å². The highest BCUT2D eigenvalue weighted by Crippen LogP contribution is 2.48. The number of rotatable bonds is 8. The van der Waals surface area contributed by atoms with Crippen LogP contribution in [0.3, 0.4) is 0 Å². The van der Waals surface area contributed by atoms with Crippen LogP contribution in [0.4, 0.5) is 22.0 Å². The molecule has 10 nitrogen and oxygen atoms in total. The van der Waals surface area contributed by atoms with Crippen molar-refractivity contribution in [1.29, 1.82) is 0 Å². The minimum atomic E-state index is -5.48. The zero-order chi connectivity index (χ0) is 33.3. The van der Waals surface area contributed by atoms with E-state index in [0.717, 1.165) is 25.0 Å². The van der Waals surface area contributed by atoms with Crippen molar-refractivity contribution in [3.8, 4) is 22.8 Å². The largest absolute Gasteiger partial charge is 0.494 e. The quantitative estimate of drug-likeness (QED) is 0.183. The molecular weight excluding hydrogens is 641 g/mol. The van der Waals surface area contributed by atoms with Crippen molar-refractivity contribution >= 4 is 34.3 Å². The molecule has 0 radical (unpaired) electrons. The van der Waals surface area contributed by atoms with Crippen LogP contribution in [-0.4, -0.2) is 58.1 Å². The molecule has 0 spiro atoms. The maximum atomic E-state index is 15.0. The number of nitrogens with two attached hydrogens (primary N) is 1. The van der Waals surface area contributed by atoms with Gasteiger partial charge in [-0.1, -0.05) is 11.6 Å². The number of carbonyl (C=O) groups is 2. The number of aromatic nitrogens is 3. The summed E-state index contributed by atoms with van der Waals surface area (Å²) in [4.78, 5) is 29.6. The lowest BCUT2D eigenvalue weighted by Gasteiger charge is -2.31. The number of methoxy groups -OCH3 is 1. The molecule has 3 heterocycles. The van der Waals surface area contributed by atoms with Gasteiger partial charge in [0.15, 0.2) is 0 Å². The van der Waals surface area contributed by atoms with Gasteiger partial charge < -0.3 is 25.6 Å². The minimum absolute atomic E-state index is 0.0791. The van der Waals surface area contributed by atoms with E-state index in [1.54, 1.807) is 10.9 Å². The number of pyridine rings is 1. The summed E-state index contributed by atoms with van der Waals surface area (Å²) >= 11 is 5.84. The van der Waals surface area contributed by atoms with E-state index in [1.165, 1.54) is 26.2 Å². The molecule has 242 valence electrons. The molecule has 0 unspecified atom stereocenters. The van der Waals surface area contributed by atoms with Gasteiger partial charge in [-0.3, -0.25) is 14.3 Å². The normalized spacial score (nSPS) is 19.0. The smallest absolute Gasteiger partial charge is 0.424 e. The molecule has 0 bridgehead atoms. The Labute approximate surface area is 262 Å². The van der Waals surface area contributed by atoms with Crippen molar-refractivity contribution in [3.05, 3.63) is 70.0 Å². The molecule has 6 rings (SSSR count). The highest BCUT2D eigenvalue weighted by molar-refractivity contribution is 6.31. The second kappa shape index (κ2) is 10.8. The predicted octanol–water partition coefficient (Wildman–Crippen LogP) is 4.69. The number of aliphatic hydroxyl groups is 1. The average molecular weight is 666 g/mol. The van der Waals surface area contributed by atoms with E-state index in [2.05, 4.69) is 15.4 Å². The Morgan fingerprint density at radius 2 is 1.91 bits per heavy atom. The van der Waals surface area contributed by atoms with Crippen LogP contribution < -0.4 is 20.5 Å². The van der Waals surface area contributed by atoms with Gasteiger partial charge in [0, 0.05) is 34.3 Å². The van der Waals surface area contributed by atoms with Gasteiger partial charge in [-0.15, -0.1) is 0 Å². The topological polar surface area (TPSA) is 142 Å². The van der Waals surface area contributed by atoms with Crippen LogP contribution in [-0.2, 0) is 15.8 Å². The van der Waals surface area contributed by atoms with E-state index >= 15 is 4.39 Å². The number of ether oxygens (including phenoxy) is 2. The van der Waals surface area contributed by atoms with Crippen LogP contribution in [0.5, 0.6) is 11.5 Å². The zero-order valence-corrected chi connectivity index (χ0v) is 24.9. The number of hydrogen-bond donors (Lipinski definition) is 3. The van der Waals surface area contributed by atoms with Crippen LogP contribution in [0.2, 0.25) is 5.02 Å². The summed E-state index contributed by atoms with van der Waals surface area (Å²) in [7, 11) is 1.35. The van der Waals surface area contributed by atoms with E-state index in [1.807, 2.05) is 0 Å². The van der Waals surface area contributed by atoms with Gasteiger partial charge in [0.25, 0.3) is 5.91 Å². The van der Waals surface area contributed by atoms with Crippen LogP contribution >= 0.6 is 11.6 Å². The van der Waals surface area contributed by atoms with Gasteiger partial charge in [0.05, 0.1) is 30.4 Å². The number of benzene rings is 2. The second-order valence-electron chi connectivity index (χ2n) is 11.5. The number of alkyl halides is 3. The maximum Gasteiger partial charge on any atom is 0.424 e. The number of fused-ring (bicyclic) bond motifs is 2. The summed E-state index contributed by atoms with van der Waals surface area (Å²) in [6.45, 7) is -0.621. The molecule has 4 aromatic rings. The first-order valence-corrected chi connectivity index (χ1v) is 14.2. The number of nitrogens with one attached hydrogen (secondary N) is 1. The van der Waals surface area contributed by atoms with E-state index < -0.39 is 75.8 Å². The minimum Gasteiger partial charge on any atom is -0.494 e. The van der Waals surface area contributed by atoms with Crippen molar-refractivity contribution in [3.63, 3.8) is 0 Å². The molecule has 16 heteroatoms. The third kappa shape index (κ3) is 5.07. The van der Waals surface area contributed by atoms with Crippen LogP contribution in [0, 0.1) is 11.6 Å². The Morgan fingerprint density at radius 3 is 2.54 bits per heavy atom. The first kappa shape index (κ1) is 31.5. The molecule has 1 aliphatic heterocycles. The van der Waals surface area contributed by atoms with Gasteiger partial charge in [-0.05, 0) is 44.0 Å². The third-order valence-corrected chi connectivity index (χ3v) is 8.56. The van der Waals surface area contributed by atoms with Crippen molar-refractivity contribution in [2.24, 2.45) is 5.73 Å². The molecule has 2 amide bonds. The van der Waals surface area contributed by atoms with Crippen molar-refractivity contribution in [2.45, 2.75) is 43.0 Å². The highest BCUT2D eigenvalue weighted by Gasteiger charge is 2.58. The molecule has 2 aliphatic rings. The zero-order valence-electron chi connectivity index (χ0n) is 24.1. The molecule has 1 aliphatic carbocycles. The summed E-state index contributed by atoms with van der Waals surface area (Å²) < 4.78 is 85.9. The van der Waals surface area contributed by atoms with Crippen LogP contribution in [0.1, 0.15) is 47.4 Å². The fourth-order valence-electron chi connectivity index (χ4n) is 5.27. The molecule has 1 fully saturated rings. The fraction of sp³-hybridized carbons (Fsp3) is 0.333. The van der Waals surface area contributed by atoms with E-state index in [0.29, 0.717) is 17.0 Å². The van der Waals surface area contributed by atoms with Gasteiger partial charge >= 0.3 is 6.18 Å². The lowest BCUT2D eigenvalue weighted by molar-refractivity contribution is -0.265. The van der Waals surface area contributed by atoms with Crippen LogP contribution in [0.15, 0.2) is 36.5 Å². The molecular formula is C30H25ClF5N5O5. The van der Waals surface area contributed by atoms with Crippen molar-refractivity contribution in [2.75, 3.05) is 20.3 Å². The number of halogens is 6. The Kier molecular flexibility index (Phi) is 7.39. The molecule has 0 saturated heterocycles. The van der Waals surface area contributed by atoms with E-state index in [4.69, 9.17) is 26.8 Å². The Hall–Kier alpha value is -4.50. The highest BCUT2D eigenvalue weighted by atomic mass is 35.5. The summed E-state index contributed by atoms with van der Waals surface area (Å²) in [5.74, 6) is -4.50. The Morgan fingerprint density at radius 1 is 1.20 bits per heavy atom. The number of amides is 2. The Bertz CT molecular complexity index is 1930. The molecule has 46 heavy (non-hydrogen) atoms. The van der Waals surface area contributed by atoms with Gasteiger partial charge in [0.2, 0.25) is 11.5 Å². The number of nitrogens with zero attached hydrogens (tertiary/aromatic N) is 3. The summed E-state index contributed by atoms with van der Waals surface area (Å²) in [5.41, 5.74) is -2.21. The summed E-state index contributed by atoms with van der Waals surface area (Å²) in [6.07, 6.45) is -1.91. The maximum absolute atomic E-state index is 15.0. The van der Waals surface area contributed by atoms with E-state index in [9.17, 15) is 32.3 Å². The predicted molar refractivity (Wildman–Crippen MR) is 153 cm³/mol. The van der Waals surface area contributed by atoms with Gasteiger partial charge in [-0.2, -0.15) is 18.3 Å². The first-order valence-electron chi connectivity index (χ1n) is 13.8. The first-order chi connectivity index (χ1) is 21.6. The summed E-state index contributed by atoms with van der Waals surface area (Å²) in [5, 5.41) is 17.8. The molecule has 2 atom stereocenters. The molecule has 1 saturated carbocycles. The van der Waals surface area contributed by atoms with Crippen molar-refractivity contribution < 1.29 is 46.1 Å². The lowest BCUT2D eigenvalue weighted by Crippen LogP contribution is -2.51. The average Bonchev–Trinajstić information content (AvgIpc) is 3.67. The Balaban J connectivity index is 1.43. The number of primary amides is 1. The standard InChI is InChI=1S/C30H25ClF5N5O5/c1-28(27(37)43)12-46-25-17(28)8-22(39-24(25)16-7-18(31)20(33)9-19(16)32)29(44,30(34,35)36)11-38-26(42)13-5-14-10-41(15-3-4-15)40-23(14)21(6-13)45-2/h5-10,15,44H,3-4,11-12H2,1-2H3,(H2,37,43)(H,38,42)/t28-,29-/m0/s1. The molecule has 4 N–H and O–H groups in total. The second-order valence-corrected chi connectivity index (χ2v) is 11.9. The van der Waals surface area contributed by atoms with Gasteiger partial charge in [0.1, 0.15) is 46.4 Å². The SMILES string of the molecule is COc1cc(C(=O)NC[C@](O)(c2cc3c(c(-c4cc(Cl)c(F)cc4F)n2)OC[C@]3(C)C(N)=O)C(F)(F)F)cc2cn(C3CC3)nc12. The summed E-state index contributed by atoms with van der Waals surface area (Å²) in [6, 6.07) is 4.88. The van der Waals surface area contributed by atoms with E-state index in [-0.39, 0.29) is 28.7 Å². The number of hydrogen-bond acceptors (Lipinski definition) is 7. The molecule has 2 aromatic heterocycles. The monoisotopic (exact) mass is 665 g/mol. The fourth-order valence-corrected chi connectivity index (χ4v) is 5.43.